The van der Waals surface area contributed by atoms with Gasteiger partial charge >= 0.3 is 0 Å². The summed E-state index contributed by atoms with van der Waals surface area (Å²) in [5, 5.41) is 3.71. The van der Waals surface area contributed by atoms with Crippen LogP contribution in [0.1, 0.15) is 12.8 Å². The number of hydrogen-bond donors (Lipinski definition) is 1. The van der Waals surface area contributed by atoms with Crippen LogP contribution in [-0.2, 0) is 0 Å². The molecule has 0 saturated carbocycles. The van der Waals surface area contributed by atoms with E-state index in [0.29, 0.717) is 6.04 Å². The molecule has 1 aromatic heterocycles. The lowest BCUT2D eigenvalue weighted by Crippen LogP contribution is -2.39. The van der Waals surface area contributed by atoms with E-state index in [1.54, 1.807) is 11.8 Å². The summed E-state index contributed by atoms with van der Waals surface area (Å²) in [6.07, 6.45) is 8.21. The number of para-hydroxylation sites is 1. The van der Waals surface area contributed by atoms with Crippen molar-refractivity contribution in [2.24, 2.45) is 0 Å². The lowest BCUT2D eigenvalue weighted by atomic mass is 10.0. The van der Waals surface area contributed by atoms with Crippen molar-refractivity contribution in [2.75, 3.05) is 29.6 Å². The highest BCUT2D eigenvalue weighted by Crippen LogP contribution is 2.27. The van der Waals surface area contributed by atoms with Gasteiger partial charge in [-0.2, -0.15) is 0 Å². The zero-order chi connectivity index (χ0) is 14.5. The van der Waals surface area contributed by atoms with Gasteiger partial charge in [0.2, 0.25) is 0 Å². The van der Waals surface area contributed by atoms with Crippen molar-refractivity contribution in [1.29, 1.82) is 0 Å². The first-order chi connectivity index (χ1) is 10.4. The molecule has 3 nitrogen and oxygen atoms in total. The SMILES string of the molecule is CSc1ccccc1NC1CCN(c2ccncc2)CC1. The van der Waals surface area contributed by atoms with Crippen LogP contribution in [-0.4, -0.2) is 30.4 Å². The van der Waals surface area contributed by atoms with E-state index in [-0.39, 0.29) is 0 Å². The second-order valence-corrected chi connectivity index (χ2v) is 6.16. The largest absolute Gasteiger partial charge is 0.381 e. The van der Waals surface area contributed by atoms with E-state index in [9.17, 15) is 0 Å². The van der Waals surface area contributed by atoms with Gasteiger partial charge in [0.1, 0.15) is 0 Å². The third-order valence-corrected chi connectivity index (χ3v) is 4.79. The van der Waals surface area contributed by atoms with Crippen molar-refractivity contribution in [3.05, 3.63) is 48.8 Å². The Morgan fingerprint density at radius 2 is 1.81 bits per heavy atom. The second-order valence-electron chi connectivity index (χ2n) is 5.31. The summed E-state index contributed by atoms with van der Waals surface area (Å²) in [5.41, 5.74) is 2.56. The maximum absolute atomic E-state index is 4.09. The molecule has 0 atom stereocenters. The number of benzene rings is 1. The monoisotopic (exact) mass is 299 g/mol. The number of hydrogen-bond acceptors (Lipinski definition) is 4. The molecule has 0 unspecified atom stereocenters. The molecule has 1 N–H and O–H groups in total. The molecule has 0 amide bonds. The Hall–Kier alpha value is -1.68. The van der Waals surface area contributed by atoms with Gasteiger partial charge in [-0.3, -0.25) is 4.98 Å². The predicted molar refractivity (Wildman–Crippen MR) is 91.3 cm³/mol. The maximum Gasteiger partial charge on any atom is 0.0480 e. The molecule has 1 aliphatic rings. The molecule has 3 rings (SSSR count). The predicted octanol–water partition coefficient (Wildman–Crippen LogP) is 3.88. The van der Waals surface area contributed by atoms with E-state index in [0.717, 1.165) is 13.1 Å². The summed E-state index contributed by atoms with van der Waals surface area (Å²) in [4.78, 5) is 7.86. The molecule has 0 spiro atoms. The van der Waals surface area contributed by atoms with Crippen LogP contribution >= 0.6 is 11.8 Å². The van der Waals surface area contributed by atoms with Gasteiger partial charge in [0.25, 0.3) is 0 Å². The Balaban J connectivity index is 1.59. The summed E-state index contributed by atoms with van der Waals surface area (Å²) in [6.45, 7) is 2.20. The van der Waals surface area contributed by atoms with E-state index in [2.05, 4.69) is 57.9 Å². The lowest BCUT2D eigenvalue weighted by Gasteiger charge is -2.34. The molecule has 1 saturated heterocycles. The summed E-state index contributed by atoms with van der Waals surface area (Å²) in [5.74, 6) is 0. The van der Waals surface area contributed by atoms with E-state index in [1.165, 1.54) is 29.1 Å². The normalized spacial score (nSPS) is 16.0. The standard InChI is InChI=1S/C17H21N3S/c1-21-17-5-3-2-4-16(17)19-14-8-12-20(13-9-14)15-6-10-18-11-7-15/h2-7,10-11,14,19H,8-9,12-13H2,1H3. The van der Waals surface area contributed by atoms with Crippen LogP contribution in [0.25, 0.3) is 0 Å². The number of pyridine rings is 1. The number of anilines is 2. The van der Waals surface area contributed by atoms with Crippen LogP contribution in [0, 0.1) is 0 Å². The molecule has 2 aromatic rings. The minimum absolute atomic E-state index is 0.566. The van der Waals surface area contributed by atoms with Crippen molar-refractivity contribution >= 4 is 23.1 Å². The van der Waals surface area contributed by atoms with Crippen LogP contribution in [0.5, 0.6) is 0 Å². The molecule has 1 aromatic carbocycles. The molecular formula is C17H21N3S. The van der Waals surface area contributed by atoms with Crippen molar-refractivity contribution in [2.45, 2.75) is 23.8 Å². The van der Waals surface area contributed by atoms with E-state index in [4.69, 9.17) is 0 Å². The number of nitrogens with one attached hydrogen (secondary N) is 1. The van der Waals surface area contributed by atoms with Crippen molar-refractivity contribution < 1.29 is 0 Å². The van der Waals surface area contributed by atoms with Gasteiger partial charge in [0.15, 0.2) is 0 Å². The average molecular weight is 299 g/mol. The van der Waals surface area contributed by atoms with Gasteiger partial charge in [-0.25, -0.2) is 0 Å². The molecule has 2 heterocycles. The van der Waals surface area contributed by atoms with Gasteiger partial charge in [0, 0.05) is 47.8 Å². The van der Waals surface area contributed by atoms with Gasteiger partial charge in [-0.15, -0.1) is 11.8 Å². The quantitative estimate of drug-likeness (QED) is 0.867. The third-order valence-electron chi connectivity index (χ3n) is 3.99. The highest BCUT2D eigenvalue weighted by molar-refractivity contribution is 7.98. The zero-order valence-electron chi connectivity index (χ0n) is 12.3. The smallest absolute Gasteiger partial charge is 0.0480 e. The first kappa shape index (κ1) is 14.3. The second kappa shape index (κ2) is 6.85. The molecule has 0 radical (unpaired) electrons. The average Bonchev–Trinajstić information content (AvgIpc) is 2.57. The third kappa shape index (κ3) is 3.50. The molecule has 0 bridgehead atoms. The topological polar surface area (TPSA) is 28.2 Å². The highest BCUT2D eigenvalue weighted by Gasteiger charge is 2.19. The molecule has 4 heteroatoms. The minimum Gasteiger partial charge on any atom is -0.381 e. The van der Waals surface area contributed by atoms with Crippen molar-refractivity contribution in [1.82, 2.24) is 4.98 Å². The fourth-order valence-electron chi connectivity index (χ4n) is 2.82. The van der Waals surface area contributed by atoms with E-state index in [1.807, 2.05) is 12.4 Å². The number of aromatic nitrogens is 1. The Kier molecular flexibility index (Phi) is 4.65. The van der Waals surface area contributed by atoms with Crippen LogP contribution < -0.4 is 10.2 Å². The number of rotatable bonds is 4. The lowest BCUT2D eigenvalue weighted by molar-refractivity contribution is 0.526. The molecule has 110 valence electrons. The van der Waals surface area contributed by atoms with Crippen LogP contribution in [0.4, 0.5) is 11.4 Å². The molecular weight excluding hydrogens is 278 g/mol. The maximum atomic E-state index is 4.09. The summed E-state index contributed by atoms with van der Waals surface area (Å²) in [6, 6.07) is 13.3. The van der Waals surface area contributed by atoms with E-state index >= 15 is 0 Å². The Labute approximate surface area is 130 Å². The first-order valence-electron chi connectivity index (χ1n) is 7.41. The molecule has 1 fully saturated rings. The summed E-state index contributed by atoms with van der Waals surface area (Å²) >= 11 is 1.80. The number of thioether (sulfide) groups is 1. The van der Waals surface area contributed by atoms with E-state index < -0.39 is 0 Å². The Bertz CT molecular complexity index is 565. The van der Waals surface area contributed by atoms with Gasteiger partial charge in [-0.05, 0) is 43.4 Å². The van der Waals surface area contributed by atoms with Gasteiger partial charge < -0.3 is 10.2 Å². The minimum atomic E-state index is 0.566. The molecule has 21 heavy (non-hydrogen) atoms. The molecule has 1 aliphatic heterocycles. The Morgan fingerprint density at radius 1 is 1.10 bits per heavy atom. The zero-order valence-corrected chi connectivity index (χ0v) is 13.1. The fourth-order valence-corrected chi connectivity index (χ4v) is 3.38. The van der Waals surface area contributed by atoms with Crippen LogP contribution in [0.15, 0.2) is 53.7 Å². The van der Waals surface area contributed by atoms with Crippen LogP contribution in [0.3, 0.4) is 0 Å². The fraction of sp³-hybridized carbons (Fsp3) is 0.353. The molecule has 0 aliphatic carbocycles. The summed E-state index contributed by atoms with van der Waals surface area (Å²) < 4.78 is 0. The Morgan fingerprint density at radius 3 is 2.52 bits per heavy atom. The first-order valence-corrected chi connectivity index (χ1v) is 8.64. The van der Waals surface area contributed by atoms with Crippen LogP contribution in [0.2, 0.25) is 0 Å². The number of nitrogens with zero attached hydrogens (tertiary/aromatic N) is 2. The summed E-state index contributed by atoms with van der Waals surface area (Å²) in [7, 11) is 0. The van der Waals surface area contributed by atoms with Crippen molar-refractivity contribution in [3.8, 4) is 0 Å². The highest BCUT2D eigenvalue weighted by atomic mass is 32.2. The van der Waals surface area contributed by atoms with Crippen molar-refractivity contribution in [3.63, 3.8) is 0 Å². The number of piperidine rings is 1. The van der Waals surface area contributed by atoms with Gasteiger partial charge in [-0.1, -0.05) is 12.1 Å². The van der Waals surface area contributed by atoms with Gasteiger partial charge in [0.05, 0.1) is 0 Å².